The number of benzene rings is 3. The van der Waals surface area contributed by atoms with E-state index < -0.39 is 34.3 Å². The molecule has 0 aliphatic heterocycles. The van der Waals surface area contributed by atoms with Crippen molar-refractivity contribution in [3.05, 3.63) is 95.3 Å². The molecule has 0 bridgehead atoms. The summed E-state index contributed by atoms with van der Waals surface area (Å²) < 4.78 is 42.1. The Kier molecular flexibility index (Phi) is 10.9. The second-order valence-corrected chi connectivity index (χ2v) is 11.3. The molecule has 3 aromatic carbocycles. The van der Waals surface area contributed by atoms with Crippen molar-refractivity contribution in [2.45, 2.75) is 50.6 Å². The van der Waals surface area contributed by atoms with Crippen LogP contribution in [0.5, 0.6) is 0 Å². The lowest BCUT2D eigenvalue weighted by Crippen LogP contribution is -2.52. The number of rotatable bonds is 13. The predicted octanol–water partition coefficient (Wildman–Crippen LogP) is 5.40. The molecule has 7 nitrogen and oxygen atoms in total. The van der Waals surface area contributed by atoms with Crippen LogP contribution in [-0.2, 0) is 26.2 Å². The number of halogens is 2. The average Bonchev–Trinajstić information content (AvgIpc) is 2.93. The maximum atomic E-state index is 13.9. The first-order valence-electron chi connectivity index (χ1n) is 12.8. The standard InChI is InChI=1S/C29H33ClFN3O4S/c1-3-5-19-32-29(36)26(4-2)33(20-22-15-17-23(31)18-16-22)28(35)21-34(27-14-10-9-13-25(27)30)39(37,38)24-11-7-6-8-12-24/h6-18,26H,3-5,19-21H2,1-2H3,(H,32,36)/t26-/m0/s1. The summed E-state index contributed by atoms with van der Waals surface area (Å²) in [6.07, 6.45) is 1.96. The third-order valence-electron chi connectivity index (χ3n) is 6.21. The van der Waals surface area contributed by atoms with Crippen LogP contribution < -0.4 is 9.62 Å². The monoisotopic (exact) mass is 573 g/mol. The molecule has 39 heavy (non-hydrogen) atoms. The van der Waals surface area contributed by atoms with Gasteiger partial charge in [-0.05, 0) is 54.8 Å². The summed E-state index contributed by atoms with van der Waals surface area (Å²) in [4.78, 5) is 28.4. The highest BCUT2D eigenvalue weighted by atomic mass is 35.5. The third-order valence-corrected chi connectivity index (χ3v) is 8.31. The maximum absolute atomic E-state index is 13.9. The van der Waals surface area contributed by atoms with E-state index in [1.54, 1.807) is 43.3 Å². The summed E-state index contributed by atoms with van der Waals surface area (Å²) in [6.45, 7) is 3.63. The zero-order valence-electron chi connectivity index (χ0n) is 22.0. The van der Waals surface area contributed by atoms with Crippen LogP contribution in [0.15, 0.2) is 83.8 Å². The average molecular weight is 574 g/mol. The molecule has 0 spiro atoms. The first-order valence-corrected chi connectivity index (χ1v) is 14.6. The van der Waals surface area contributed by atoms with E-state index in [0.717, 1.165) is 17.1 Å². The fourth-order valence-electron chi connectivity index (χ4n) is 4.10. The number of carbonyl (C=O) groups is 2. The summed E-state index contributed by atoms with van der Waals surface area (Å²) in [5, 5.41) is 3.02. The summed E-state index contributed by atoms with van der Waals surface area (Å²) >= 11 is 6.40. The lowest BCUT2D eigenvalue weighted by molar-refractivity contribution is -0.140. The van der Waals surface area contributed by atoms with E-state index in [9.17, 15) is 22.4 Å². The molecule has 0 radical (unpaired) electrons. The molecule has 0 heterocycles. The Labute approximate surface area is 234 Å². The molecule has 10 heteroatoms. The highest BCUT2D eigenvalue weighted by Crippen LogP contribution is 2.30. The molecule has 0 saturated heterocycles. The largest absolute Gasteiger partial charge is 0.354 e. The summed E-state index contributed by atoms with van der Waals surface area (Å²) in [5.74, 6) is -1.37. The zero-order chi connectivity index (χ0) is 28.4. The maximum Gasteiger partial charge on any atom is 0.264 e. The Bertz CT molecular complexity index is 1350. The Balaban J connectivity index is 2.03. The fraction of sp³-hybridized carbons (Fsp3) is 0.310. The van der Waals surface area contributed by atoms with E-state index >= 15 is 0 Å². The number of carbonyl (C=O) groups excluding carboxylic acids is 2. The lowest BCUT2D eigenvalue weighted by Gasteiger charge is -2.33. The van der Waals surface area contributed by atoms with E-state index in [-0.39, 0.29) is 28.1 Å². The van der Waals surface area contributed by atoms with Crippen molar-refractivity contribution in [1.82, 2.24) is 10.2 Å². The van der Waals surface area contributed by atoms with Gasteiger partial charge >= 0.3 is 0 Å². The minimum atomic E-state index is -4.20. The van der Waals surface area contributed by atoms with Crippen LogP contribution >= 0.6 is 11.6 Å². The number of anilines is 1. The fourth-order valence-corrected chi connectivity index (χ4v) is 5.84. The van der Waals surface area contributed by atoms with Crippen molar-refractivity contribution in [3.63, 3.8) is 0 Å². The molecule has 3 aromatic rings. The van der Waals surface area contributed by atoms with Gasteiger partial charge in [0, 0.05) is 13.1 Å². The van der Waals surface area contributed by atoms with Crippen molar-refractivity contribution in [3.8, 4) is 0 Å². The number of hydrogen-bond donors (Lipinski definition) is 1. The smallest absolute Gasteiger partial charge is 0.264 e. The number of hydrogen-bond acceptors (Lipinski definition) is 4. The molecule has 0 aromatic heterocycles. The Morgan fingerprint density at radius 2 is 1.59 bits per heavy atom. The van der Waals surface area contributed by atoms with Gasteiger partial charge in [0.1, 0.15) is 18.4 Å². The highest BCUT2D eigenvalue weighted by molar-refractivity contribution is 7.92. The van der Waals surface area contributed by atoms with E-state index in [1.165, 1.54) is 47.4 Å². The molecule has 0 aliphatic carbocycles. The van der Waals surface area contributed by atoms with Crippen LogP contribution in [0.4, 0.5) is 10.1 Å². The van der Waals surface area contributed by atoms with E-state index in [0.29, 0.717) is 18.5 Å². The van der Waals surface area contributed by atoms with Crippen LogP contribution in [0.2, 0.25) is 5.02 Å². The third kappa shape index (κ3) is 7.80. The minimum Gasteiger partial charge on any atom is -0.354 e. The molecule has 2 amide bonds. The molecule has 1 atom stereocenters. The SMILES string of the molecule is CCCCNC(=O)[C@H](CC)N(Cc1ccc(F)cc1)C(=O)CN(c1ccccc1Cl)S(=O)(=O)c1ccccc1. The van der Waals surface area contributed by atoms with Crippen molar-refractivity contribution in [1.29, 1.82) is 0 Å². The Hall–Kier alpha value is -3.43. The molecule has 0 aliphatic rings. The normalized spacial score (nSPS) is 12.0. The van der Waals surface area contributed by atoms with Crippen LogP contribution in [-0.4, -0.2) is 44.3 Å². The van der Waals surface area contributed by atoms with E-state index in [1.807, 2.05) is 6.92 Å². The molecule has 0 unspecified atom stereocenters. The number of amides is 2. The van der Waals surface area contributed by atoms with Crippen molar-refractivity contribution in [2.24, 2.45) is 0 Å². The lowest BCUT2D eigenvalue weighted by atomic mass is 10.1. The molecular weight excluding hydrogens is 541 g/mol. The Morgan fingerprint density at radius 1 is 0.949 bits per heavy atom. The van der Waals surface area contributed by atoms with E-state index in [4.69, 9.17) is 11.6 Å². The summed E-state index contributed by atoms with van der Waals surface area (Å²) in [6, 6.07) is 18.9. The number of nitrogens with one attached hydrogen (secondary N) is 1. The van der Waals surface area contributed by atoms with Crippen LogP contribution in [0.3, 0.4) is 0 Å². The van der Waals surface area contributed by atoms with Gasteiger partial charge in [-0.25, -0.2) is 12.8 Å². The van der Waals surface area contributed by atoms with Gasteiger partial charge in [0.15, 0.2) is 0 Å². The first-order chi connectivity index (χ1) is 18.7. The highest BCUT2D eigenvalue weighted by Gasteiger charge is 2.34. The van der Waals surface area contributed by atoms with Gasteiger partial charge in [-0.2, -0.15) is 0 Å². The van der Waals surface area contributed by atoms with Gasteiger partial charge in [0.25, 0.3) is 10.0 Å². The predicted molar refractivity (Wildman–Crippen MR) is 151 cm³/mol. The van der Waals surface area contributed by atoms with Crippen molar-refractivity contribution < 1.29 is 22.4 Å². The quantitative estimate of drug-likeness (QED) is 0.277. The molecule has 0 saturated carbocycles. The van der Waals surface area contributed by atoms with Crippen molar-refractivity contribution in [2.75, 3.05) is 17.4 Å². The van der Waals surface area contributed by atoms with Gasteiger partial charge in [-0.15, -0.1) is 0 Å². The molecule has 208 valence electrons. The first kappa shape index (κ1) is 30.1. The second-order valence-electron chi connectivity index (χ2n) is 8.99. The van der Waals surface area contributed by atoms with Crippen molar-refractivity contribution >= 4 is 39.1 Å². The molecule has 3 rings (SSSR count). The van der Waals surface area contributed by atoms with Gasteiger partial charge < -0.3 is 10.2 Å². The number of para-hydroxylation sites is 1. The van der Waals surface area contributed by atoms with Crippen LogP contribution in [0.25, 0.3) is 0 Å². The molecular formula is C29H33ClFN3O4S. The van der Waals surface area contributed by atoms with Gasteiger partial charge in [-0.3, -0.25) is 13.9 Å². The zero-order valence-corrected chi connectivity index (χ0v) is 23.6. The topological polar surface area (TPSA) is 86.8 Å². The van der Waals surface area contributed by atoms with Crippen LogP contribution in [0, 0.1) is 5.82 Å². The van der Waals surface area contributed by atoms with Gasteiger partial charge in [0.2, 0.25) is 11.8 Å². The van der Waals surface area contributed by atoms with Gasteiger partial charge in [0.05, 0.1) is 15.6 Å². The second kappa shape index (κ2) is 14.1. The Morgan fingerprint density at radius 3 is 2.21 bits per heavy atom. The van der Waals surface area contributed by atoms with Crippen LogP contribution in [0.1, 0.15) is 38.7 Å². The van der Waals surface area contributed by atoms with Gasteiger partial charge in [-0.1, -0.05) is 74.3 Å². The summed E-state index contributed by atoms with van der Waals surface area (Å²) in [5.41, 5.74) is 0.735. The molecule has 1 N–H and O–H groups in total. The summed E-state index contributed by atoms with van der Waals surface area (Å²) in [7, 11) is -4.20. The number of nitrogens with zero attached hydrogens (tertiary/aromatic N) is 2. The number of unbranched alkanes of at least 4 members (excludes halogenated alkanes) is 1. The van der Waals surface area contributed by atoms with E-state index in [2.05, 4.69) is 5.32 Å². The minimum absolute atomic E-state index is 0.00726. The molecule has 0 fully saturated rings. The number of sulfonamides is 1.